The molecule has 7 heteroatoms. The summed E-state index contributed by atoms with van der Waals surface area (Å²) in [5.41, 5.74) is 2.45. The summed E-state index contributed by atoms with van der Waals surface area (Å²) in [5.74, 6) is 1.64. The smallest absolute Gasteiger partial charge is 0.233 e. The molecule has 1 N–H and O–H groups in total. The molecule has 162 valence electrons. The first-order valence-electron chi connectivity index (χ1n) is 10.7. The monoisotopic (exact) mass is 428 g/mol. The van der Waals surface area contributed by atoms with Gasteiger partial charge in [0, 0.05) is 18.2 Å². The van der Waals surface area contributed by atoms with Gasteiger partial charge < -0.3 is 10.1 Å². The summed E-state index contributed by atoms with van der Waals surface area (Å²) < 4.78 is 7.33. The normalized spacial score (nSPS) is 15.0. The average molecular weight is 429 g/mol. The van der Waals surface area contributed by atoms with Crippen LogP contribution in [0.4, 0.5) is 0 Å². The van der Waals surface area contributed by atoms with Crippen molar-refractivity contribution in [3.05, 3.63) is 35.9 Å². The maximum Gasteiger partial charge on any atom is 0.233 e. The Morgan fingerprint density at radius 1 is 1.20 bits per heavy atom. The van der Waals surface area contributed by atoms with Gasteiger partial charge in [0.05, 0.1) is 12.4 Å². The van der Waals surface area contributed by atoms with Crippen molar-refractivity contribution < 1.29 is 9.53 Å². The number of methoxy groups -OCH3 is 1. The van der Waals surface area contributed by atoms with Gasteiger partial charge in [-0.05, 0) is 77.1 Å². The molecule has 1 aliphatic rings. The van der Waals surface area contributed by atoms with Crippen LogP contribution in [0.25, 0.3) is 11.4 Å². The molecule has 0 bridgehead atoms. The number of allylic oxidation sites excluding steroid dienone is 1. The minimum Gasteiger partial charge on any atom is -0.497 e. The second-order valence-electron chi connectivity index (χ2n) is 7.91. The molecule has 3 rings (SSSR count). The molecule has 1 atom stereocenters. The molecule has 0 radical (unpaired) electrons. The number of aromatic nitrogens is 3. The van der Waals surface area contributed by atoms with Gasteiger partial charge in [-0.3, -0.25) is 9.36 Å². The molecule has 1 aromatic heterocycles. The number of benzene rings is 1. The minimum absolute atomic E-state index is 0.0423. The van der Waals surface area contributed by atoms with E-state index in [2.05, 4.69) is 40.0 Å². The minimum atomic E-state index is -0.240. The Morgan fingerprint density at radius 3 is 2.60 bits per heavy atom. The van der Waals surface area contributed by atoms with E-state index in [9.17, 15) is 4.79 Å². The van der Waals surface area contributed by atoms with Crippen molar-refractivity contribution in [3.63, 3.8) is 0 Å². The lowest BCUT2D eigenvalue weighted by Gasteiger charge is -2.17. The van der Waals surface area contributed by atoms with Gasteiger partial charge in [0.15, 0.2) is 11.0 Å². The highest BCUT2D eigenvalue weighted by Crippen LogP contribution is 2.30. The van der Waals surface area contributed by atoms with Gasteiger partial charge in [0.2, 0.25) is 5.91 Å². The second kappa shape index (κ2) is 10.7. The van der Waals surface area contributed by atoms with Crippen LogP contribution in [0.1, 0.15) is 58.9 Å². The summed E-state index contributed by atoms with van der Waals surface area (Å²) in [6.07, 6.45) is 8.20. The molecule has 0 aliphatic heterocycles. The lowest BCUT2D eigenvalue weighted by molar-refractivity contribution is -0.120. The predicted octanol–water partition coefficient (Wildman–Crippen LogP) is 5.02. The Hall–Kier alpha value is -2.28. The van der Waals surface area contributed by atoms with Gasteiger partial charge in [0.25, 0.3) is 0 Å². The van der Waals surface area contributed by atoms with E-state index in [1.807, 2.05) is 31.2 Å². The fraction of sp³-hybridized carbons (Fsp3) is 0.522. The maximum atomic E-state index is 12.6. The first-order chi connectivity index (χ1) is 14.5. The summed E-state index contributed by atoms with van der Waals surface area (Å²) in [4.78, 5) is 12.6. The molecule has 0 fully saturated rings. The van der Waals surface area contributed by atoms with Crippen LogP contribution in [-0.4, -0.2) is 39.6 Å². The van der Waals surface area contributed by atoms with Crippen molar-refractivity contribution in [3.8, 4) is 17.1 Å². The topological polar surface area (TPSA) is 69.0 Å². The average Bonchev–Trinajstić information content (AvgIpc) is 3.18. The molecule has 30 heavy (non-hydrogen) atoms. The van der Waals surface area contributed by atoms with Gasteiger partial charge in [-0.15, -0.1) is 10.2 Å². The van der Waals surface area contributed by atoms with E-state index in [-0.39, 0.29) is 17.2 Å². The third-order valence-corrected chi connectivity index (χ3v) is 6.37. The molecule has 0 saturated heterocycles. The first-order valence-corrected chi connectivity index (χ1v) is 11.6. The highest BCUT2D eigenvalue weighted by molar-refractivity contribution is 8.00. The molecule has 0 unspecified atom stereocenters. The first kappa shape index (κ1) is 22.4. The van der Waals surface area contributed by atoms with Crippen LogP contribution in [0.2, 0.25) is 0 Å². The highest BCUT2D eigenvalue weighted by atomic mass is 32.2. The van der Waals surface area contributed by atoms with Crippen LogP contribution in [0, 0.1) is 0 Å². The number of carbonyl (C=O) groups excluding carboxylic acids is 1. The van der Waals surface area contributed by atoms with Crippen LogP contribution in [0.5, 0.6) is 5.75 Å². The summed E-state index contributed by atoms with van der Waals surface area (Å²) in [5, 5.41) is 12.4. The van der Waals surface area contributed by atoms with Crippen molar-refractivity contribution in [1.82, 2.24) is 20.1 Å². The lowest BCUT2D eigenvalue weighted by Crippen LogP contribution is -2.32. The van der Waals surface area contributed by atoms with Crippen LogP contribution in [0.15, 0.2) is 41.1 Å². The van der Waals surface area contributed by atoms with E-state index in [1.54, 1.807) is 7.11 Å². The number of hydrogen-bond acceptors (Lipinski definition) is 5. The number of nitrogens with one attached hydrogen (secondary N) is 1. The molecular formula is C23H32N4O2S. The lowest BCUT2D eigenvalue weighted by atomic mass is 9.97. The highest BCUT2D eigenvalue weighted by Gasteiger charge is 2.22. The van der Waals surface area contributed by atoms with E-state index in [1.165, 1.54) is 43.0 Å². The van der Waals surface area contributed by atoms with E-state index in [4.69, 9.17) is 4.74 Å². The maximum absolute atomic E-state index is 12.6. The number of hydrogen-bond donors (Lipinski definition) is 1. The molecular weight excluding hydrogens is 396 g/mol. The van der Waals surface area contributed by atoms with Crippen molar-refractivity contribution in [2.24, 2.45) is 0 Å². The number of nitrogens with zero attached hydrogens (tertiary/aromatic N) is 3. The second-order valence-corrected chi connectivity index (χ2v) is 9.22. The zero-order valence-corrected chi connectivity index (χ0v) is 19.2. The third-order valence-electron chi connectivity index (χ3n) is 5.31. The summed E-state index contributed by atoms with van der Waals surface area (Å²) in [6, 6.07) is 7.96. The number of carbonyl (C=O) groups is 1. The molecule has 0 spiro atoms. The number of ether oxygens (including phenoxy) is 1. The Bertz CT molecular complexity index is 874. The van der Waals surface area contributed by atoms with E-state index in [0.29, 0.717) is 6.54 Å². The molecule has 1 heterocycles. The van der Waals surface area contributed by atoms with Gasteiger partial charge >= 0.3 is 0 Å². The zero-order chi connectivity index (χ0) is 21.5. The Balaban J connectivity index is 1.64. The van der Waals surface area contributed by atoms with Crippen molar-refractivity contribution in [1.29, 1.82) is 0 Å². The summed E-state index contributed by atoms with van der Waals surface area (Å²) >= 11 is 1.45. The van der Waals surface area contributed by atoms with Crippen LogP contribution >= 0.6 is 11.8 Å². The summed E-state index contributed by atoms with van der Waals surface area (Å²) in [6.45, 7) is 6.82. The van der Waals surface area contributed by atoms with E-state index in [0.717, 1.165) is 28.7 Å². The van der Waals surface area contributed by atoms with E-state index < -0.39 is 0 Å². The molecule has 1 amide bonds. The number of rotatable bonds is 9. The van der Waals surface area contributed by atoms with Gasteiger partial charge in [-0.25, -0.2) is 0 Å². The molecule has 6 nitrogen and oxygen atoms in total. The van der Waals surface area contributed by atoms with Crippen LogP contribution < -0.4 is 10.1 Å². The molecule has 1 aromatic carbocycles. The molecule has 1 aliphatic carbocycles. The van der Waals surface area contributed by atoms with E-state index >= 15 is 0 Å². The molecule has 2 aromatic rings. The Morgan fingerprint density at radius 2 is 1.97 bits per heavy atom. The zero-order valence-electron chi connectivity index (χ0n) is 18.4. The predicted molar refractivity (Wildman–Crippen MR) is 122 cm³/mol. The van der Waals surface area contributed by atoms with Gasteiger partial charge in [0.1, 0.15) is 5.75 Å². The quantitative estimate of drug-likeness (QED) is 0.448. The largest absolute Gasteiger partial charge is 0.497 e. The van der Waals surface area contributed by atoms with Crippen molar-refractivity contribution >= 4 is 17.7 Å². The standard InChI is InChI=1S/C23H32N4O2S/c1-16(2)27-21(19-10-12-20(29-4)13-11-19)25-26-23(27)30-17(3)22(28)24-15-14-18-8-6-5-7-9-18/h8,10-13,16-17H,5-7,9,14-15H2,1-4H3,(H,24,28)/t17-/m1/s1. The molecule has 0 saturated carbocycles. The number of thioether (sulfide) groups is 1. The Labute approximate surface area is 183 Å². The Kier molecular flexibility index (Phi) is 7.96. The van der Waals surface area contributed by atoms with Gasteiger partial charge in [-0.2, -0.15) is 0 Å². The van der Waals surface area contributed by atoms with Crippen LogP contribution in [0.3, 0.4) is 0 Å². The van der Waals surface area contributed by atoms with Crippen molar-refractivity contribution in [2.45, 2.75) is 69.3 Å². The SMILES string of the molecule is COc1ccc(-c2nnc(S[C@H](C)C(=O)NCCC3=CCCCC3)n2C(C)C)cc1. The number of amides is 1. The fourth-order valence-electron chi connectivity index (χ4n) is 3.59. The summed E-state index contributed by atoms with van der Waals surface area (Å²) in [7, 11) is 1.65. The van der Waals surface area contributed by atoms with Crippen LogP contribution in [-0.2, 0) is 4.79 Å². The van der Waals surface area contributed by atoms with Crippen molar-refractivity contribution in [2.75, 3.05) is 13.7 Å². The fourth-order valence-corrected chi connectivity index (χ4v) is 4.60. The third kappa shape index (κ3) is 5.65. The van der Waals surface area contributed by atoms with Gasteiger partial charge in [-0.1, -0.05) is 23.4 Å².